The Kier molecular flexibility index (Phi) is 5.01. The van der Waals surface area contributed by atoms with Gasteiger partial charge in [0.15, 0.2) is 5.16 Å². The zero-order chi connectivity index (χ0) is 16.9. The number of hydrogen-bond donors (Lipinski definition) is 0. The number of anilines is 1. The van der Waals surface area contributed by atoms with Gasteiger partial charge in [0.1, 0.15) is 0 Å². The number of aryl methyl sites for hydroxylation is 1. The molecule has 0 aliphatic heterocycles. The highest BCUT2D eigenvalue weighted by molar-refractivity contribution is 7.99. The lowest BCUT2D eigenvalue weighted by Gasteiger charge is -2.17. The Morgan fingerprint density at radius 1 is 1.17 bits per heavy atom. The lowest BCUT2D eigenvalue weighted by molar-refractivity contribution is -0.115. The van der Waals surface area contributed by atoms with Gasteiger partial charge in [0, 0.05) is 30.8 Å². The van der Waals surface area contributed by atoms with E-state index in [0.29, 0.717) is 5.75 Å². The molecular formula is C19H19N3OS. The number of aromatic nitrogens is 2. The fourth-order valence-corrected chi connectivity index (χ4v) is 3.28. The van der Waals surface area contributed by atoms with Crippen LogP contribution in [-0.2, 0) is 4.79 Å². The van der Waals surface area contributed by atoms with Gasteiger partial charge in [-0.3, -0.25) is 9.36 Å². The van der Waals surface area contributed by atoms with Gasteiger partial charge in [0.2, 0.25) is 5.91 Å². The van der Waals surface area contributed by atoms with Gasteiger partial charge in [-0.2, -0.15) is 0 Å². The van der Waals surface area contributed by atoms with Gasteiger partial charge in [-0.15, -0.1) is 0 Å². The molecule has 0 saturated carbocycles. The van der Waals surface area contributed by atoms with Crippen LogP contribution < -0.4 is 4.90 Å². The van der Waals surface area contributed by atoms with Crippen molar-refractivity contribution in [3.8, 4) is 5.69 Å². The van der Waals surface area contributed by atoms with Crippen molar-refractivity contribution in [3.63, 3.8) is 0 Å². The highest BCUT2D eigenvalue weighted by Gasteiger charge is 2.13. The summed E-state index contributed by atoms with van der Waals surface area (Å²) in [6, 6.07) is 17.9. The van der Waals surface area contributed by atoms with Crippen molar-refractivity contribution in [2.75, 3.05) is 17.7 Å². The van der Waals surface area contributed by atoms with Gasteiger partial charge >= 0.3 is 0 Å². The van der Waals surface area contributed by atoms with Crippen molar-refractivity contribution in [2.45, 2.75) is 12.1 Å². The number of imidazole rings is 1. The molecule has 1 heterocycles. The minimum atomic E-state index is 0.0463. The predicted octanol–water partition coefficient (Wildman–Crippen LogP) is 3.94. The van der Waals surface area contributed by atoms with Crippen molar-refractivity contribution in [1.82, 2.24) is 9.55 Å². The second-order valence-corrected chi connectivity index (χ2v) is 6.44. The van der Waals surface area contributed by atoms with E-state index >= 15 is 0 Å². The van der Waals surface area contributed by atoms with E-state index in [1.807, 2.05) is 53.2 Å². The van der Waals surface area contributed by atoms with E-state index in [2.05, 4.69) is 24.0 Å². The summed E-state index contributed by atoms with van der Waals surface area (Å²) >= 11 is 1.45. The van der Waals surface area contributed by atoms with Crippen LogP contribution in [0.5, 0.6) is 0 Å². The number of para-hydroxylation sites is 1. The van der Waals surface area contributed by atoms with Crippen LogP contribution in [0, 0.1) is 6.92 Å². The van der Waals surface area contributed by atoms with E-state index in [4.69, 9.17) is 0 Å². The van der Waals surface area contributed by atoms with Crippen LogP contribution in [-0.4, -0.2) is 28.3 Å². The molecule has 4 nitrogen and oxygen atoms in total. The number of benzene rings is 2. The highest BCUT2D eigenvalue weighted by Crippen LogP contribution is 2.22. The van der Waals surface area contributed by atoms with Crippen LogP contribution in [0.15, 0.2) is 72.1 Å². The molecule has 3 aromatic rings. The Hall–Kier alpha value is -2.53. The number of carbonyl (C=O) groups is 1. The summed E-state index contributed by atoms with van der Waals surface area (Å²) in [5.74, 6) is 0.388. The van der Waals surface area contributed by atoms with Crippen LogP contribution in [0.2, 0.25) is 0 Å². The van der Waals surface area contributed by atoms with E-state index in [1.54, 1.807) is 18.1 Å². The maximum atomic E-state index is 12.4. The molecule has 0 bridgehead atoms. The molecule has 0 saturated heterocycles. The second-order valence-electron chi connectivity index (χ2n) is 5.50. The maximum Gasteiger partial charge on any atom is 0.237 e. The molecule has 0 spiro atoms. The zero-order valence-electron chi connectivity index (χ0n) is 13.7. The molecule has 0 radical (unpaired) electrons. The third-order valence-electron chi connectivity index (χ3n) is 3.73. The first-order valence-corrected chi connectivity index (χ1v) is 8.68. The average Bonchev–Trinajstić information content (AvgIpc) is 3.08. The molecule has 0 atom stereocenters. The molecule has 122 valence electrons. The standard InChI is InChI=1S/C19H19N3OS/c1-15-7-6-10-17(13-15)22-12-11-20-19(22)24-14-18(23)21(2)16-8-4-3-5-9-16/h3-13H,14H2,1-2H3. The fourth-order valence-electron chi connectivity index (χ4n) is 2.39. The Morgan fingerprint density at radius 2 is 1.96 bits per heavy atom. The molecule has 0 unspecified atom stereocenters. The number of hydrogen-bond acceptors (Lipinski definition) is 3. The van der Waals surface area contributed by atoms with Gasteiger partial charge in [0.05, 0.1) is 5.75 Å². The molecule has 0 aliphatic carbocycles. The van der Waals surface area contributed by atoms with Gasteiger partial charge in [-0.1, -0.05) is 42.1 Å². The largest absolute Gasteiger partial charge is 0.315 e. The lowest BCUT2D eigenvalue weighted by Crippen LogP contribution is -2.27. The molecule has 0 fully saturated rings. The third-order valence-corrected chi connectivity index (χ3v) is 4.68. The predicted molar refractivity (Wildman–Crippen MR) is 98.9 cm³/mol. The van der Waals surface area contributed by atoms with Crippen LogP contribution in [0.4, 0.5) is 5.69 Å². The van der Waals surface area contributed by atoms with Gasteiger partial charge in [-0.05, 0) is 36.8 Å². The molecule has 2 aromatic carbocycles. The Balaban J connectivity index is 1.70. The first-order valence-electron chi connectivity index (χ1n) is 7.70. The first-order chi connectivity index (χ1) is 11.6. The second kappa shape index (κ2) is 7.36. The summed E-state index contributed by atoms with van der Waals surface area (Å²) in [5.41, 5.74) is 3.14. The van der Waals surface area contributed by atoms with Crippen LogP contribution in [0.3, 0.4) is 0 Å². The van der Waals surface area contributed by atoms with Crippen LogP contribution in [0.25, 0.3) is 5.69 Å². The summed E-state index contributed by atoms with van der Waals surface area (Å²) in [5, 5.41) is 0.815. The van der Waals surface area contributed by atoms with E-state index in [-0.39, 0.29) is 5.91 Å². The molecule has 0 aliphatic rings. The molecule has 1 amide bonds. The Morgan fingerprint density at radius 3 is 2.71 bits per heavy atom. The van der Waals surface area contributed by atoms with Crippen molar-refractivity contribution in [1.29, 1.82) is 0 Å². The minimum Gasteiger partial charge on any atom is -0.315 e. The molecule has 24 heavy (non-hydrogen) atoms. The average molecular weight is 337 g/mol. The SMILES string of the molecule is Cc1cccc(-n2ccnc2SCC(=O)N(C)c2ccccc2)c1. The summed E-state index contributed by atoms with van der Waals surface area (Å²) in [6.45, 7) is 2.06. The van der Waals surface area contributed by atoms with E-state index in [1.165, 1.54) is 17.3 Å². The number of thioether (sulfide) groups is 1. The Labute approximate surface area is 146 Å². The number of amides is 1. The molecule has 0 N–H and O–H groups in total. The van der Waals surface area contributed by atoms with Gasteiger partial charge in [0.25, 0.3) is 0 Å². The van der Waals surface area contributed by atoms with E-state index < -0.39 is 0 Å². The van der Waals surface area contributed by atoms with Crippen LogP contribution >= 0.6 is 11.8 Å². The number of carbonyl (C=O) groups excluding carboxylic acids is 1. The van der Waals surface area contributed by atoms with E-state index in [0.717, 1.165) is 16.5 Å². The zero-order valence-corrected chi connectivity index (χ0v) is 14.5. The molecule has 3 rings (SSSR count). The Bertz CT molecular complexity index is 829. The third kappa shape index (κ3) is 3.68. The molecular weight excluding hydrogens is 318 g/mol. The van der Waals surface area contributed by atoms with Crippen molar-refractivity contribution < 1.29 is 4.79 Å². The van der Waals surface area contributed by atoms with Crippen molar-refractivity contribution in [2.24, 2.45) is 0 Å². The number of nitrogens with zero attached hydrogens (tertiary/aromatic N) is 3. The normalized spacial score (nSPS) is 10.6. The van der Waals surface area contributed by atoms with Crippen molar-refractivity contribution >= 4 is 23.4 Å². The van der Waals surface area contributed by atoms with Crippen molar-refractivity contribution in [3.05, 3.63) is 72.6 Å². The van der Waals surface area contributed by atoms with Gasteiger partial charge < -0.3 is 4.90 Å². The summed E-state index contributed by atoms with van der Waals surface area (Å²) in [4.78, 5) is 18.5. The highest BCUT2D eigenvalue weighted by atomic mass is 32.2. The first kappa shape index (κ1) is 16.3. The summed E-state index contributed by atoms with van der Waals surface area (Å²) in [7, 11) is 1.80. The minimum absolute atomic E-state index is 0.0463. The lowest BCUT2D eigenvalue weighted by atomic mass is 10.2. The summed E-state index contributed by atoms with van der Waals surface area (Å²) in [6.07, 6.45) is 3.68. The van der Waals surface area contributed by atoms with Gasteiger partial charge in [-0.25, -0.2) is 4.98 Å². The smallest absolute Gasteiger partial charge is 0.237 e. The van der Waals surface area contributed by atoms with E-state index in [9.17, 15) is 4.79 Å². The maximum absolute atomic E-state index is 12.4. The molecule has 5 heteroatoms. The topological polar surface area (TPSA) is 38.1 Å². The monoisotopic (exact) mass is 337 g/mol. The summed E-state index contributed by atoms with van der Waals surface area (Å²) < 4.78 is 2.01. The number of rotatable bonds is 5. The molecule has 1 aromatic heterocycles. The quantitative estimate of drug-likeness (QED) is 0.662. The van der Waals surface area contributed by atoms with Crippen LogP contribution in [0.1, 0.15) is 5.56 Å². The fraction of sp³-hybridized carbons (Fsp3) is 0.158.